The van der Waals surface area contributed by atoms with Crippen LogP contribution in [0, 0.1) is 27.7 Å². The van der Waals surface area contributed by atoms with E-state index in [4.69, 9.17) is 4.98 Å². The van der Waals surface area contributed by atoms with E-state index >= 15 is 0 Å². The summed E-state index contributed by atoms with van der Waals surface area (Å²) < 4.78 is 2.37. The van der Waals surface area contributed by atoms with Crippen molar-refractivity contribution in [3.05, 3.63) is 75.7 Å². The minimum absolute atomic E-state index is 0.855. The first-order chi connectivity index (χ1) is 12.1. The lowest BCUT2D eigenvalue weighted by atomic mass is 9.94. The molecule has 0 aliphatic rings. The summed E-state index contributed by atoms with van der Waals surface area (Å²) in [5.41, 5.74) is 9.17. The highest BCUT2D eigenvalue weighted by molar-refractivity contribution is 7.13. The molecule has 0 aliphatic heterocycles. The molecular formula is C22H22N2S. The molecule has 4 rings (SSSR count). The monoisotopic (exact) mass is 346 g/mol. The van der Waals surface area contributed by atoms with Gasteiger partial charge in [0.05, 0.1) is 22.5 Å². The number of thiophene rings is 1. The molecule has 2 heterocycles. The zero-order valence-electron chi connectivity index (χ0n) is 15.1. The van der Waals surface area contributed by atoms with Gasteiger partial charge in [-0.3, -0.25) is 0 Å². The van der Waals surface area contributed by atoms with Gasteiger partial charge in [0.1, 0.15) is 0 Å². The maximum atomic E-state index is 4.93. The summed E-state index contributed by atoms with van der Waals surface area (Å²) >= 11 is 1.75. The highest BCUT2D eigenvalue weighted by atomic mass is 32.1. The molecule has 2 aromatic heterocycles. The highest BCUT2D eigenvalue weighted by Crippen LogP contribution is 2.31. The van der Waals surface area contributed by atoms with E-state index in [1.54, 1.807) is 11.3 Å². The third-order valence-corrected chi connectivity index (χ3v) is 6.10. The molecule has 2 aromatic carbocycles. The van der Waals surface area contributed by atoms with Gasteiger partial charge in [-0.25, -0.2) is 4.98 Å². The topological polar surface area (TPSA) is 17.8 Å². The Bertz CT molecular complexity index is 1030. The molecule has 0 atom stereocenters. The Morgan fingerprint density at radius 2 is 1.64 bits per heavy atom. The summed E-state index contributed by atoms with van der Waals surface area (Å²) in [5, 5.41) is 2.12. The van der Waals surface area contributed by atoms with Gasteiger partial charge >= 0.3 is 0 Å². The molecule has 25 heavy (non-hydrogen) atoms. The number of hydrogen-bond acceptors (Lipinski definition) is 2. The molecule has 0 saturated carbocycles. The van der Waals surface area contributed by atoms with Crippen LogP contribution in [-0.4, -0.2) is 9.55 Å². The zero-order valence-corrected chi connectivity index (χ0v) is 15.9. The number of fused-ring (bicyclic) bond motifs is 1. The molecule has 0 N–H and O–H groups in total. The second-order valence-corrected chi connectivity index (χ2v) is 7.67. The number of imidazole rings is 1. The molecule has 0 aliphatic carbocycles. The molecule has 0 unspecified atom stereocenters. The van der Waals surface area contributed by atoms with Crippen LogP contribution in [0.5, 0.6) is 0 Å². The Balaban J connectivity index is 1.95. The van der Waals surface area contributed by atoms with E-state index in [9.17, 15) is 0 Å². The van der Waals surface area contributed by atoms with Crippen molar-refractivity contribution in [3.63, 3.8) is 0 Å². The number of rotatable bonds is 3. The maximum Gasteiger partial charge on any atom is 0.151 e. The number of para-hydroxylation sites is 2. The van der Waals surface area contributed by atoms with Gasteiger partial charge in [0.2, 0.25) is 0 Å². The van der Waals surface area contributed by atoms with Crippen LogP contribution >= 0.6 is 11.3 Å². The summed E-state index contributed by atoms with van der Waals surface area (Å²) in [6.45, 7) is 9.74. The Kier molecular flexibility index (Phi) is 3.97. The third-order valence-electron chi connectivity index (χ3n) is 5.23. The minimum Gasteiger partial charge on any atom is -0.319 e. The lowest BCUT2D eigenvalue weighted by Crippen LogP contribution is -2.07. The first kappa shape index (κ1) is 16.1. The summed E-state index contributed by atoms with van der Waals surface area (Å²) in [5.74, 6) is 1.06. The number of aryl methyl sites for hydroxylation is 2. The minimum atomic E-state index is 0.855. The van der Waals surface area contributed by atoms with Gasteiger partial charge in [-0.05, 0) is 79.1 Å². The largest absolute Gasteiger partial charge is 0.319 e. The van der Waals surface area contributed by atoms with Crippen molar-refractivity contribution in [2.45, 2.75) is 34.2 Å². The average molecular weight is 346 g/mol. The molecule has 0 bridgehead atoms. The van der Waals surface area contributed by atoms with Crippen LogP contribution in [0.4, 0.5) is 0 Å². The second-order valence-electron chi connectivity index (χ2n) is 6.73. The van der Waals surface area contributed by atoms with E-state index in [1.165, 1.54) is 38.2 Å². The van der Waals surface area contributed by atoms with Crippen molar-refractivity contribution in [2.24, 2.45) is 0 Å². The predicted molar refractivity (Wildman–Crippen MR) is 108 cm³/mol. The van der Waals surface area contributed by atoms with Gasteiger partial charge in [0.15, 0.2) is 5.82 Å². The van der Waals surface area contributed by atoms with Gasteiger partial charge in [-0.2, -0.15) is 0 Å². The van der Waals surface area contributed by atoms with Crippen molar-refractivity contribution in [3.8, 4) is 10.7 Å². The molecule has 0 spiro atoms. The van der Waals surface area contributed by atoms with Gasteiger partial charge in [-0.15, -0.1) is 11.3 Å². The summed E-state index contributed by atoms with van der Waals surface area (Å²) in [6.07, 6.45) is 0. The van der Waals surface area contributed by atoms with Crippen LogP contribution in [0.25, 0.3) is 21.7 Å². The fraction of sp³-hybridized carbons (Fsp3) is 0.227. The fourth-order valence-corrected chi connectivity index (χ4v) is 4.25. The van der Waals surface area contributed by atoms with E-state index in [0.717, 1.165) is 17.9 Å². The standard InChI is InChI=1S/C22H22N2S/c1-14-12-15(2)17(4)18(16(14)3)13-24-20-9-6-5-8-19(20)23-22(24)21-10-7-11-25-21/h5-12H,13H2,1-4H3. The maximum absolute atomic E-state index is 4.93. The summed E-state index contributed by atoms with van der Waals surface area (Å²) in [7, 11) is 0. The Morgan fingerprint density at radius 3 is 2.32 bits per heavy atom. The van der Waals surface area contributed by atoms with Gasteiger partial charge in [0.25, 0.3) is 0 Å². The van der Waals surface area contributed by atoms with Crippen molar-refractivity contribution < 1.29 is 0 Å². The van der Waals surface area contributed by atoms with E-state index in [-0.39, 0.29) is 0 Å². The van der Waals surface area contributed by atoms with Crippen LogP contribution < -0.4 is 0 Å². The number of aromatic nitrogens is 2. The van der Waals surface area contributed by atoms with Crippen LogP contribution in [0.1, 0.15) is 27.8 Å². The quantitative estimate of drug-likeness (QED) is 0.442. The summed E-state index contributed by atoms with van der Waals surface area (Å²) in [4.78, 5) is 6.15. The lowest BCUT2D eigenvalue weighted by Gasteiger charge is -2.17. The van der Waals surface area contributed by atoms with E-state index in [1.807, 2.05) is 0 Å². The Hall–Kier alpha value is -2.39. The van der Waals surface area contributed by atoms with Crippen molar-refractivity contribution in [2.75, 3.05) is 0 Å². The second kappa shape index (κ2) is 6.16. The fourth-order valence-electron chi connectivity index (χ4n) is 3.52. The van der Waals surface area contributed by atoms with Gasteiger partial charge < -0.3 is 4.57 Å². The molecule has 0 amide bonds. The molecule has 0 fully saturated rings. The first-order valence-corrected chi connectivity index (χ1v) is 9.49. The molecule has 2 nitrogen and oxygen atoms in total. The smallest absolute Gasteiger partial charge is 0.151 e. The van der Waals surface area contributed by atoms with Crippen molar-refractivity contribution >= 4 is 22.4 Å². The number of nitrogens with zero attached hydrogens (tertiary/aromatic N) is 2. The molecular weight excluding hydrogens is 324 g/mol. The SMILES string of the molecule is Cc1cc(C)c(C)c(Cn2c(-c3cccs3)nc3ccccc32)c1C. The van der Waals surface area contributed by atoms with Crippen LogP contribution in [0.15, 0.2) is 47.8 Å². The zero-order chi connectivity index (χ0) is 17.6. The van der Waals surface area contributed by atoms with E-state index in [2.05, 4.69) is 80.1 Å². The normalized spacial score (nSPS) is 11.4. The third kappa shape index (κ3) is 2.69. The molecule has 4 aromatic rings. The van der Waals surface area contributed by atoms with Crippen LogP contribution in [0.2, 0.25) is 0 Å². The molecule has 0 saturated heterocycles. The lowest BCUT2D eigenvalue weighted by molar-refractivity contribution is 0.819. The Morgan fingerprint density at radius 1 is 0.920 bits per heavy atom. The van der Waals surface area contributed by atoms with E-state index < -0.39 is 0 Å². The molecule has 126 valence electrons. The summed E-state index contributed by atoms with van der Waals surface area (Å²) in [6, 6.07) is 15.0. The first-order valence-electron chi connectivity index (χ1n) is 8.61. The van der Waals surface area contributed by atoms with Crippen molar-refractivity contribution in [1.82, 2.24) is 9.55 Å². The van der Waals surface area contributed by atoms with Crippen LogP contribution in [-0.2, 0) is 6.54 Å². The van der Waals surface area contributed by atoms with E-state index in [0.29, 0.717) is 0 Å². The molecule has 0 radical (unpaired) electrons. The van der Waals surface area contributed by atoms with Crippen molar-refractivity contribution in [1.29, 1.82) is 0 Å². The predicted octanol–water partition coefficient (Wildman–Crippen LogP) is 6.05. The Labute approximate surface area is 152 Å². The van der Waals surface area contributed by atoms with Gasteiger partial charge in [-0.1, -0.05) is 24.3 Å². The van der Waals surface area contributed by atoms with Crippen LogP contribution in [0.3, 0.4) is 0 Å². The number of hydrogen-bond donors (Lipinski definition) is 0. The molecule has 3 heteroatoms. The highest BCUT2D eigenvalue weighted by Gasteiger charge is 2.16. The average Bonchev–Trinajstić information content (AvgIpc) is 3.24. The number of benzene rings is 2. The van der Waals surface area contributed by atoms with Gasteiger partial charge in [0, 0.05) is 0 Å².